The first-order valence-corrected chi connectivity index (χ1v) is 8.23. The summed E-state index contributed by atoms with van der Waals surface area (Å²) in [7, 11) is 3.59. The van der Waals surface area contributed by atoms with Crippen LogP contribution < -0.4 is 10.2 Å². The lowest BCUT2D eigenvalue weighted by molar-refractivity contribution is -0.127. The summed E-state index contributed by atoms with van der Waals surface area (Å²) in [6.45, 7) is 7.26. The average Bonchev–Trinajstić information content (AvgIpc) is 2.45. The van der Waals surface area contributed by atoms with Crippen LogP contribution in [-0.2, 0) is 11.3 Å². The van der Waals surface area contributed by atoms with E-state index in [1.165, 1.54) is 5.56 Å². The second-order valence-corrected chi connectivity index (χ2v) is 6.17. The zero-order chi connectivity index (χ0) is 15.8. The molecular weight excluding hydrogens is 330 g/mol. The van der Waals surface area contributed by atoms with Gasteiger partial charge in [0.15, 0.2) is 0 Å². The van der Waals surface area contributed by atoms with E-state index in [1.807, 2.05) is 6.07 Å². The maximum Gasteiger partial charge on any atom is 0.241 e. The fraction of sp³-hybridized carbons (Fsp3) is 0.562. The van der Waals surface area contributed by atoms with E-state index in [0.717, 1.165) is 36.2 Å². The van der Waals surface area contributed by atoms with Crippen molar-refractivity contribution in [1.29, 1.82) is 0 Å². The van der Waals surface area contributed by atoms with Gasteiger partial charge in [-0.2, -0.15) is 0 Å². The van der Waals surface area contributed by atoms with Crippen LogP contribution >= 0.6 is 15.9 Å². The topological polar surface area (TPSA) is 35.6 Å². The van der Waals surface area contributed by atoms with Gasteiger partial charge in [0.25, 0.3) is 0 Å². The van der Waals surface area contributed by atoms with Gasteiger partial charge in [0.05, 0.1) is 6.54 Å². The van der Waals surface area contributed by atoms with Crippen molar-refractivity contribution in [2.75, 3.05) is 38.6 Å². The number of nitrogens with one attached hydrogen (secondary N) is 1. The molecule has 0 spiro atoms. The fourth-order valence-corrected chi connectivity index (χ4v) is 2.48. The molecule has 0 saturated carbocycles. The molecule has 1 rings (SSSR count). The second kappa shape index (κ2) is 9.05. The van der Waals surface area contributed by atoms with Crippen molar-refractivity contribution in [1.82, 2.24) is 10.2 Å². The summed E-state index contributed by atoms with van der Waals surface area (Å²) in [6, 6.07) is 6.24. The van der Waals surface area contributed by atoms with Crippen molar-refractivity contribution < 1.29 is 4.79 Å². The Kier molecular flexibility index (Phi) is 7.75. The summed E-state index contributed by atoms with van der Waals surface area (Å²) in [5, 5.41) is 3.43. The lowest BCUT2D eigenvalue weighted by Gasteiger charge is -2.27. The van der Waals surface area contributed by atoms with Crippen LogP contribution in [0.15, 0.2) is 22.7 Å². The van der Waals surface area contributed by atoms with E-state index in [1.54, 1.807) is 19.0 Å². The summed E-state index contributed by atoms with van der Waals surface area (Å²) in [4.78, 5) is 15.7. The van der Waals surface area contributed by atoms with Crippen molar-refractivity contribution >= 4 is 27.5 Å². The number of anilines is 1. The molecule has 4 nitrogen and oxygen atoms in total. The number of halogens is 1. The molecule has 0 unspecified atom stereocenters. The Morgan fingerprint density at radius 2 is 2.00 bits per heavy atom. The van der Waals surface area contributed by atoms with Gasteiger partial charge >= 0.3 is 0 Å². The molecule has 0 radical (unpaired) electrons. The largest absolute Gasteiger partial charge is 0.362 e. The lowest BCUT2D eigenvalue weighted by Crippen LogP contribution is -2.37. The zero-order valence-electron chi connectivity index (χ0n) is 13.4. The van der Waals surface area contributed by atoms with Crippen molar-refractivity contribution in [2.24, 2.45) is 0 Å². The minimum absolute atomic E-state index is 0.118. The van der Waals surface area contributed by atoms with Gasteiger partial charge in [-0.05, 0) is 43.7 Å². The van der Waals surface area contributed by atoms with Crippen LogP contribution in [0.5, 0.6) is 0 Å². The first-order valence-electron chi connectivity index (χ1n) is 7.43. The number of hydrogen-bond donors (Lipinski definition) is 1. The molecule has 0 atom stereocenters. The first-order chi connectivity index (χ1) is 9.99. The van der Waals surface area contributed by atoms with Crippen molar-refractivity contribution in [3.63, 3.8) is 0 Å². The minimum atomic E-state index is 0.118. The third-order valence-electron chi connectivity index (χ3n) is 3.33. The summed E-state index contributed by atoms with van der Waals surface area (Å²) in [5.74, 6) is 0.118. The fourth-order valence-electron chi connectivity index (χ4n) is 2.08. The smallest absolute Gasteiger partial charge is 0.241 e. The van der Waals surface area contributed by atoms with Gasteiger partial charge in [-0.15, -0.1) is 0 Å². The predicted octanol–water partition coefficient (Wildman–Crippen LogP) is 2.86. The molecule has 0 aliphatic carbocycles. The molecule has 0 heterocycles. The van der Waals surface area contributed by atoms with E-state index in [4.69, 9.17) is 0 Å². The number of nitrogens with zero attached hydrogens (tertiary/aromatic N) is 2. The summed E-state index contributed by atoms with van der Waals surface area (Å²) >= 11 is 3.53. The molecule has 118 valence electrons. The Morgan fingerprint density at radius 3 is 2.57 bits per heavy atom. The Hall–Kier alpha value is -1.07. The van der Waals surface area contributed by atoms with E-state index >= 15 is 0 Å². The first kappa shape index (κ1) is 18.0. The van der Waals surface area contributed by atoms with E-state index in [0.29, 0.717) is 6.54 Å². The molecule has 0 bridgehead atoms. The number of rotatable bonds is 8. The zero-order valence-corrected chi connectivity index (χ0v) is 15.0. The minimum Gasteiger partial charge on any atom is -0.362 e. The molecule has 0 aliphatic heterocycles. The monoisotopic (exact) mass is 355 g/mol. The maximum atomic E-state index is 12.0. The van der Waals surface area contributed by atoms with Gasteiger partial charge in [0.2, 0.25) is 5.91 Å². The number of amides is 1. The Bertz CT molecular complexity index is 463. The molecule has 5 heteroatoms. The van der Waals surface area contributed by atoms with E-state index in [2.05, 4.69) is 52.1 Å². The van der Waals surface area contributed by atoms with Gasteiger partial charge in [-0.25, -0.2) is 0 Å². The molecule has 1 amide bonds. The molecular formula is C16H26BrN3O. The van der Waals surface area contributed by atoms with E-state index < -0.39 is 0 Å². The van der Waals surface area contributed by atoms with Gasteiger partial charge in [0.1, 0.15) is 0 Å². The lowest BCUT2D eigenvalue weighted by atomic mass is 10.1. The molecule has 0 aliphatic rings. The summed E-state index contributed by atoms with van der Waals surface area (Å²) < 4.78 is 1.06. The van der Waals surface area contributed by atoms with Crippen LogP contribution in [0.2, 0.25) is 0 Å². The number of carbonyl (C=O) groups excluding carboxylic acids is 1. The number of likely N-dealkylation sites (N-methyl/N-ethyl adjacent to an activating group) is 2. The number of hydrogen-bond acceptors (Lipinski definition) is 3. The second-order valence-electron chi connectivity index (χ2n) is 5.25. The van der Waals surface area contributed by atoms with Crippen LogP contribution in [0.1, 0.15) is 25.8 Å². The van der Waals surface area contributed by atoms with Gasteiger partial charge < -0.3 is 15.1 Å². The van der Waals surface area contributed by atoms with Crippen molar-refractivity contribution in [2.45, 2.75) is 26.8 Å². The van der Waals surface area contributed by atoms with E-state index in [9.17, 15) is 4.79 Å². The Balaban J connectivity index is 2.93. The number of benzene rings is 1. The Morgan fingerprint density at radius 1 is 1.29 bits per heavy atom. The normalized spacial score (nSPS) is 10.5. The molecule has 0 fully saturated rings. The third kappa shape index (κ3) is 5.67. The molecule has 0 aromatic heterocycles. The van der Waals surface area contributed by atoms with Crippen LogP contribution in [-0.4, -0.2) is 44.5 Å². The quantitative estimate of drug-likeness (QED) is 0.728. The molecule has 0 saturated heterocycles. The highest BCUT2D eigenvalue weighted by molar-refractivity contribution is 9.10. The highest BCUT2D eigenvalue weighted by Gasteiger charge is 2.14. The standard InChI is InChI=1S/C16H26BrN3O/c1-5-9-18-11-13-10-14(17)7-8-15(13)20(6-2)12-16(21)19(3)4/h7-8,10,18H,5-6,9,11-12H2,1-4H3. The highest BCUT2D eigenvalue weighted by atomic mass is 79.9. The maximum absolute atomic E-state index is 12.0. The molecule has 21 heavy (non-hydrogen) atoms. The Labute approximate surface area is 136 Å². The summed E-state index contributed by atoms with van der Waals surface area (Å²) in [5.41, 5.74) is 2.34. The van der Waals surface area contributed by atoms with Crippen LogP contribution in [0.3, 0.4) is 0 Å². The van der Waals surface area contributed by atoms with Crippen LogP contribution in [0.4, 0.5) is 5.69 Å². The van der Waals surface area contributed by atoms with Crippen molar-refractivity contribution in [3.05, 3.63) is 28.2 Å². The number of carbonyl (C=O) groups is 1. The van der Waals surface area contributed by atoms with Gasteiger partial charge in [-0.1, -0.05) is 22.9 Å². The predicted molar refractivity (Wildman–Crippen MR) is 92.7 cm³/mol. The summed E-state index contributed by atoms with van der Waals surface area (Å²) in [6.07, 6.45) is 1.11. The molecule has 1 aromatic carbocycles. The van der Waals surface area contributed by atoms with Crippen LogP contribution in [0, 0.1) is 0 Å². The third-order valence-corrected chi connectivity index (χ3v) is 3.82. The van der Waals surface area contributed by atoms with Crippen molar-refractivity contribution in [3.8, 4) is 0 Å². The van der Waals surface area contributed by atoms with Crippen LogP contribution in [0.25, 0.3) is 0 Å². The van der Waals surface area contributed by atoms with Gasteiger partial charge in [0, 0.05) is 37.3 Å². The molecule has 1 aromatic rings. The van der Waals surface area contributed by atoms with Gasteiger partial charge in [-0.3, -0.25) is 4.79 Å². The molecule has 1 N–H and O–H groups in total. The SMILES string of the molecule is CCCNCc1cc(Br)ccc1N(CC)CC(=O)N(C)C. The average molecular weight is 356 g/mol. The van der Waals surface area contributed by atoms with E-state index in [-0.39, 0.29) is 5.91 Å². The highest BCUT2D eigenvalue weighted by Crippen LogP contribution is 2.24.